The summed E-state index contributed by atoms with van der Waals surface area (Å²) in [5.74, 6) is -0.238. The summed E-state index contributed by atoms with van der Waals surface area (Å²) in [5, 5.41) is 10.8. The fourth-order valence-electron chi connectivity index (χ4n) is 2.93. The number of carbonyl (C=O) groups excluding carboxylic acids is 1. The minimum Gasteiger partial charge on any atom is -0.432 e. The normalized spacial score (nSPS) is 10.8. The van der Waals surface area contributed by atoms with Gasteiger partial charge in [0.2, 0.25) is 5.91 Å². The lowest BCUT2D eigenvalue weighted by Gasteiger charge is -2.06. The molecule has 8 heteroatoms. The maximum Gasteiger partial charge on any atom is 0.301 e. The van der Waals surface area contributed by atoms with Gasteiger partial charge in [-0.2, -0.15) is 10.1 Å². The van der Waals surface area contributed by atoms with Crippen molar-refractivity contribution in [1.82, 2.24) is 20.2 Å². The van der Waals surface area contributed by atoms with Crippen LogP contribution in [0.1, 0.15) is 18.3 Å². The highest BCUT2D eigenvalue weighted by Gasteiger charge is 2.18. The van der Waals surface area contributed by atoms with E-state index in [0.29, 0.717) is 17.1 Å². The van der Waals surface area contributed by atoms with Gasteiger partial charge in [0.1, 0.15) is 12.0 Å². The van der Waals surface area contributed by atoms with E-state index in [9.17, 15) is 4.79 Å². The summed E-state index contributed by atoms with van der Waals surface area (Å²) in [5.41, 5.74) is 5.23. The second-order valence-electron chi connectivity index (χ2n) is 6.17. The zero-order valence-corrected chi connectivity index (χ0v) is 15.7. The quantitative estimate of drug-likeness (QED) is 0.526. The van der Waals surface area contributed by atoms with Gasteiger partial charge in [-0.3, -0.25) is 20.2 Å². The molecule has 1 aromatic carbocycles. The number of carbonyl (C=O) groups is 1. The van der Waals surface area contributed by atoms with Crippen molar-refractivity contribution >= 4 is 23.5 Å². The van der Waals surface area contributed by atoms with Crippen LogP contribution in [0.3, 0.4) is 0 Å². The van der Waals surface area contributed by atoms with Crippen LogP contribution < -0.4 is 5.32 Å². The van der Waals surface area contributed by atoms with Gasteiger partial charge in [0.25, 0.3) is 0 Å². The number of aromatic amines is 1. The molecule has 0 aliphatic heterocycles. The molecule has 0 saturated carbocycles. The molecule has 0 saturated heterocycles. The Bertz CT molecular complexity index is 1100. The van der Waals surface area contributed by atoms with Crippen molar-refractivity contribution in [2.24, 2.45) is 0 Å². The highest BCUT2D eigenvalue weighted by atomic mass is 35.5. The number of rotatable bonds is 5. The monoisotopic (exact) mass is 393 g/mol. The summed E-state index contributed by atoms with van der Waals surface area (Å²) in [6, 6.07) is 11.6. The molecule has 0 spiro atoms. The van der Waals surface area contributed by atoms with Crippen molar-refractivity contribution in [1.29, 1.82) is 0 Å². The predicted octanol–water partition coefficient (Wildman–Crippen LogP) is 4.33. The number of hydrogen-bond acceptors (Lipinski definition) is 5. The lowest BCUT2D eigenvalue weighted by molar-refractivity contribution is -0.114. The van der Waals surface area contributed by atoms with E-state index in [4.69, 9.17) is 16.0 Å². The van der Waals surface area contributed by atoms with Crippen molar-refractivity contribution < 1.29 is 9.21 Å². The van der Waals surface area contributed by atoms with Gasteiger partial charge < -0.3 is 4.42 Å². The van der Waals surface area contributed by atoms with Crippen molar-refractivity contribution in [2.45, 2.75) is 13.3 Å². The van der Waals surface area contributed by atoms with Gasteiger partial charge in [-0.05, 0) is 29.8 Å². The first-order valence-corrected chi connectivity index (χ1v) is 8.93. The molecule has 0 atom stereocenters. The SMILES string of the molecule is CC(=O)Nc1nc(Cc2[nH]nc(-c3ccc(Cl)cc3)c2-c2ccncc2)co1. The maximum absolute atomic E-state index is 11.2. The Kier molecular flexibility index (Phi) is 4.90. The van der Waals surface area contributed by atoms with Gasteiger partial charge in [0, 0.05) is 47.6 Å². The smallest absolute Gasteiger partial charge is 0.301 e. The molecule has 0 aliphatic rings. The highest BCUT2D eigenvalue weighted by molar-refractivity contribution is 6.30. The molecule has 7 nitrogen and oxygen atoms in total. The molecule has 2 N–H and O–H groups in total. The molecular weight excluding hydrogens is 378 g/mol. The van der Waals surface area contributed by atoms with Crippen LogP contribution in [-0.2, 0) is 11.2 Å². The van der Waals surface area contributed by atoms with Crippen molar-refractivity contribution in [3.8, 4) is 22.4 Å². The molecule has 0 bridgehead atoms. The number of oxazole rings is 1. The third-order valence-corrected chi connectivity index (χ3v) is 4.37. The van der Waals surface area contributed by atoms with Gasteiger partial charge in [-0.25, -0.2) is 0 Å². The third kappa shape index (κ3) is 3.79. The lowest BCUT2D eigenvalue weighted by Crippen LogP contribution is -2.06. The van der Waals surface area contributed by atoms with Crippen LogP contribution in [0.2, 0.25) is 5.02 Å². The second-order valence-corrected chi connectivity index (χ2v) is 6.61. The highest BCUT2D eigenvalue weighted by Crippen LogP contribution is 2.34. The fourth-order valence-corrected chi connectivity index (χ4v) is 3.06. The van der Waals surface area contributed by atoms with Crippen LogP contribution in [0.25, 0.3) is 22.4 Å². The number of nitrogens with one attached hydrogen (secondary N) is 2. The molecule has 0 radical (unpaired) electrons. The first-order chi connectivity index (χ1) is 13.6. The first-order valence-electron chi connectivity index (χ1n) is 8.55. The van der Waals surface area contributed by atoms with Crippen molar-refractivity contribution in [3.63, 3.8) is 0 Å². The largest absolute Gasteiger partial charge is 0.432 e. The minimum atomic E-state index is -0.238. The maximum atomic E-state index is 11.2. The number of anilines is 1. The Balaban J connectivity index is 1.74. The molecule has 0 unspecified atom stereocenters. The zero-order valence-electron chi connectivity index (χ0n) is 14.9. The Labute approximate surface area is 165 Å². The predicted molar refractivity (Wildman–Crippen MR) is 106 cm³/mol. The molecule has 3 heterocycles. The average molecular weight is 394 g/mol. The summed E-state index contributed by atoms with van der Waals surface area (Å²) in [7, 11) is 0. The number of hydrogen-bond donors (Lipinski definition) is 2. The molecule has 4 aromatic rings. The summed E-state index contributed by atoms with van der Waals surface area (Å²) >= 11 is 6.02. The summed E-state index contributed by atoms with van der Waals surface area (Å²) < 4.78 is 5.30. The molecular formula is C20H16ClN5O2. The molecule has 1 amide bonds. The first kappa shape index (κ1) is 17.9. The lowest BCUT2D eigenvalue weighted by atomic mass is 9.98. The van der Waals surface area contributed by atoms with Crippen LogP contribution in [0, 0.1) is 0 Å². The Morgan fingerprint density at radius 2 is 1.89 bits per heavy atom. The Morgan fingerprint density at radius 3 is 2.61 bits per heavy atom. The minimum absolute atomic E-state index is 0.172. The number of nitrogens with zero attached hydrogens (tertiary/aromatic N) is 3. The number of benzene rings is 1. The van der Waals surface area contributed by atoms with E-state index in [-0.39, 0.29) is 11.9 Å². The van der Waals surface area contributed by atoms with E-state index in [1.807, 2.05) is 36.4 Å². The molecule has 0 fully saturated rings. The number of aromatic nitrogens is 4. The topological polar surface area (TPSA) is 96.7 Å². The van der Waals surface area contributed by atoms with Crippen LogP contribution in [0.15, 0.2) is 59.5 Å². The Morgan fingerprint density at radius 1 is 1.14 bits per heavy atom. The fraction of sp³-hybridized carbons (Fsp3) is 0.100. The number of H-pyrrole nitrogens is 1. The third-order valence-electron chi connectivity index (χ3n) is 4.12. The Hall–Kier alpha value is -3.45. The van der Waals surface area contributed by atoms with E-state index in [1.165, 1.54) is 13.2 Å². The molecule has 3 aromatic heterocycles. The van der Waals surface area contributed by atoms with Gasteiger partial charge in [-0.1, -0.05) is 23.7 Å². The summed E-state index contributed by atoms with van der Waals surface area (Å²) in [4.78, 5) is 19.6. The van der Waals surface area contributed by atoms with Crippen molar-refractivity contribution in [3.05, 3.63) is 71.5 Å². The molecule has 28 heavy (non-hydrogen) atoms. The van der Waals surface area contributed by atoms with Crippen molar-refractivity contribution in [2.75, 3.05) is 5.32 Å². The van der Waals surface area contributed by atoms with Gasteiger partial charge >= 0.3 is 6.01 Å². The second kappa shape index (κ2) is 7.66. The number of pyridine rings is 1. The van der Waals surface area contributed by atoms with E-state index >= 15 is 0 Å². The van der Waals surface area contributed by atoms with Crippen LogP contribution in [0.4, 0.5) is 6.01 Å². The van der Waals surface area contributed by atoms with E-state index in [1.54, 1.807) is 12.4 Å². The number of halogens is 1. The zero-order chi connectivity index (χ0) is 19.5. The van der Waals surface area contributed by atoms with Crippen LogP contribution in [-0.4, -0.2) is 26.1 Å². The average Bonchev–Trinajstić information content (AvgIpc) is 3.30. The van der Waals surface area contributed by atoms with Gasteiger partial charge in [0.15, 0.2) is 0 Å². The van der Waals surface area contributed by atoms with E-state index in [2.05, 4.69) is 25.5 Å². The van der Waals surface area contributed by atoms with Gasteiger partial charge in [0.05, 0.1) is 5.69 Å². The summed E-state index contributed by atoms with van der Waals surface area (Å²) in [6.45, 7) is 1.40. The molecule has 140 valence electrons. The summed E-state index contributed by atoms with van der Waals surface area (Å²) in [6.07, 6.45) is 5.46. The van der Waals surface area contributed by atoms with E-state index in [0.717, 1.165) is 28.1 Å². The van der Waals surface area contributed by atoms with Crippen LogP contribution >= 0.6 is 11.6 Å². The molecule has 0 aliphatic carbocycles. The number of amides is 1. The van der Waals surface area contributed by atoms with Gasteiger partial charge in [-0.15, -0.1) is 0 Å². The van der Waals surface area contributed by atoms with Crippen LogP contribution in [0.5, 0.6) is 0 Å². The van der Waals surface area contributed by atoms with E-state index < -0.39 is 0 Å². The molecule has 4 rings (SSSR count). The standard InChI is InChI=1S/C20H16ClN5O2/c1-12(27)23-20-24-16(11-28-20)10-17-18(13-6-8-22-9-7-13)19(26-25-17)14-2-4-15(21)5-3-14/h2-9,11H,10H2,1H3,(H,25,26)(H,23,24,27).